The molecule has 0 heterocycles. The summed E-state index contributed by atoms with van der Waals surface area (Å²) in [5.74, 6) is -1.02. The highest BCUT2D eigenvalue weighted by Gasteiger charge is 2.33. The Hall–Kier alpha value is -5.55. The first-order valence-electron chi connectivity index (χ1n) is 13.5. The molecular weight excluding hydrogens is 651 g/mol. The van der Waals surface area contributed by atoms with E-state index in [9.17, 15) is 31.0 Å². The van der Waals surface area contributed by atoms with Gasteiger partial charge >= 0.3 is 0 Å². The van der Waals surface area contributed by atoms with Gasteiger partial charge < -0.3 is 10.1 Å². The topological polar surface area (TPSA) is 213 Å². The average molecular weight is 676 g/mol. The summed E-state index contributed by atoms with van der Waals surface area (Å²) < 4.78 is 71.7. The molecule has 1 aliphatic carbocycles. The molecule has 4 aromatic carbocycles. The van der Waals surface area contributed by atoms with Gasteiger partial charge in [-0.25, -0.2) is 0 Å². The van der Waals surface area contributed by atoms with Gasteiger partial charge in [0.25, 0.3) is 26.1 Å². The minimum Gasteiger partial charge on any atom is -0.494 e. The van der Waals surface area contributed by atoms with Gasteiger partial charge in [0.1, 0.15) is 10.7 Å². The third kappa shape index (κ3) is 7.47. The number of nitrogens with one attached hydrogen (secondary N) is 2. The van der Waals surface area contributed by atoms with Crippen molar-refractivity contribution < 1.29 is 40.3 Å². The molecule has 47 heavy (non-hydrogen) atoms. The number of benzene rings is 4. The van der Waals surface area contributed by atoms with Crippen molar-refractivity contribution in [3.8, 4) is 5.75 Å². The van der Waals surface area contributed by atoms with Crippen molar-refractivity contribution in [1.82, 2.24) is 0 Å². The van der Waals surface area contributed by atoms with Crippen molar-refractivity contribution in [1.29, 1.82) is 0 Å². The number of anilines is 2. The molecule has 0 saturated carbocycles. The van der Waals surface area contributed by atoms with E-state index in [1.165, 1.54) is 55.6 Å². The van der Waals surface area contributed by atoms with Crippen LogP contribution in [0.2, 0.25) is 0 Å². The molecule has 4 aromatic rings. The summed E-state index contributed by atoms with van der Waals surface area (Å²) in [6, 6.07) is 20.8. The van der Waals surface area contributed by atoms with Gasteiger partial charge in [-0.15, -0.1) is 0 Å². The maximum Gasteiger partial charge on any atom is 0.296 e. The van der Waals surface area contributed by atoms with Crippen molar-refractivity contribution in [2.75, 3.05) is 17.9 Å². The largest absolute Gasteiger partial charge is 0.494 e. The standard InChI is InChI=1S/C31H25N5O9S2/c1-18-14-26(27(45-2)17-25(18)34-33-21-8-11-23(12-9-21)46(39,40)41)35-36-29-28(47(42,43)44)16-20-15-22(10-13-24(20)30(29)37)32-31(38)19-6-4-3-5-7-19/h3-17,35H,1-2H3,(H,32,38)(H,39,40,41)(H,42,43,44)/b34-33?,36-29-. The Morgan fingerprint density at radius 2 is 1.55 bits per heavy atom. The third-order valence-electron chi connectivity index (χ3n) is 6.82. The predicted octanol–water partition coefficient (Wildman–Crippen LogP) is 5.81. The number of aryl methyl sites for hydroxylation is 1. The number of Topliss-reactive ketones (excluding diaryl/α,β-unsaturated/α-hetero) is 1. The van der Waals surface area contributed by atoms with Crippen LogP contribution in [0.5, 0.6) is 5.75 Å². The van der Waals surface area contributed by atoms with Crippen molar-refractivity contribution in [3.63, 3.8) is 0 Å². The van der Waals surface area contributed by atoms with E-state index in [2.05, 4.69) is 26.1 Å². The van der Waals surface area contributed by atoms with Gasteiger partial charge in [-0.2, -0.15) is 32.2 Å². The first kappa shape index (κ1) is 32.8. The molecule has 0 radical (unpaired) electrons. The van der Waals surface area contributed by atoms with E-state index in [1.807, 2.05) is 0 Å². The minimum absolute atomic E-state index is 0.0826. The molecule has 0 unspecified atom stereocenters. The lowest BCUT2D eigenvalue weighted by molar-refractivity contribution is 0.102. The number of carbonyl (C=O) groups is 2. The summed E-state index contributed by atoms with van der Waals surface area (Å²) in [6.45, 7) is 1.69. The number of hydrazone groups is 1. The van der Waals surface area contributed by atoms with E-state index < -0.39 is 42.5 Å². The van der Waals surface area contributed by atoms with E-state index in [0.29, 0.717) is 28.2 Å². The second kappa shape index (κ2) is 13.1. The van der Waals surface area contributed by atoms with E-state index in [4.69, 9.17) is 9.29 Å². The lowest BCUT2D eigenvalue weighted by atomic mass is 9.94. The molecule has 16 heteroatoms. The zero-order valence-corrected chi connectivity index (χ0v) is 26.2. The number of fused-ring (bicyclic) bond motifs is 1. The molecule has 5 rings (SSSR count). The molecule has 0 aromatic heterocycles. The second-order valence-corrected chi connectivity index (χ2v) is 12.8. The SMILES string of the molecule is COc1cc(N=Nc2ccc(S(=O)(=O)O)cc2)c(C)cc1N/N=C1\C(=O)c2ccc(NC(=O)c3ccccc3)cc2C=C1S(=O)(=O)O. The Bertz CT molecular complexity index is 2220. The van der Waals surface area contributed by atoms with E-state index in [1.54, 1.807) is 43.3 Å². The molecule has 14 nitrogen and oxygen atoms in total. The van der Waals surface area contributed by atoms with Crippen LogP contribution in [0, 0.1) is 6.92 Å². The van der Waals surface area contributed by atoms with Crippen molar-refractivity contribution in [2.24, 2.45) is 15.3 Å². The Kier molecular flexibility index (Phi) is 9.12. The van der Waals surface area contributed by atoms with Gasteiger partial charge in [-0.1, -0.05) is 18.2 Å². The van der Waals surface area contributed by atoms with Crippen LogP contribution in [0.25, 0.3) is 6.08 Å². The fourth-order valence-corrected chi connectivity index (χ4v) is 5.60. The zero-order valence-electron chi connectivity index (χ0n) is 24.6. The van der Waals surface area contributed by atoms with E-state index >= 15 is 0 Å². The maximum absolute atomic E-state index is 13.4. The fraction of sp³-hybridized carbons (Fsp3) is 0.0645. The normalized spacial score (nSPS) is 14.1. The Balaban J connectivity index is 1.42. The summed E-state index contributed by atoms with van der Waals surface area (Å²) in [5, 5.41) is 14.9. The average Bonchev–Trinajstić information content (AvgIpc) is 3.03. The molecule has 1 aliphatic rings. The number of hydrogen-bond acceptors (Lipinski definition) is 11. The van der Waals surface area contributed by atoms with Crippen LogP contribution in [0.15, 0.2) is 110 Å². The van der Waals surface area contributed by atoms with Crippen LogP contribution in [0.1, 0.15) is 31.8 Å². The van der Waals surface area contributed by atoms with Crippen LogP contribution in [-0.2, 0) is 20.2 Å². The Morgan fingerprint density at radius 3 is 2.19 bits per heavy atom. The van der Waals surface area contributed by atoms with Crippen LogP contribution in [0.4, 0.5) is 22.7 Å². The summed E-state index contributed by atoms with van der Waals surface area (Å²) >= 11 is 0. The number of allylic oxidation sites excluding steroid dienone is 1. The van der Waals surface area contributed by atoms with Crippen LogP contribution >= 0.6 is 0 Å². The maximum atomic E-state index is 13.4. The van der Waals surface area contributed by atoms with Crippen LogP contribution in [-0.4, -0.2) is 50.5 Å². The van der Waals surface area contributed by atoms with Gasteiger partial charge in [-0.3, -0.25) is 24.1 Å². The second-order valence-electron chi connectivity index (χ2n) is 10.0. The molecule has 0 spiro atoms. The summed E-state index contributed by atoms with van der Waals surface area (Å²) in [5.41, 5.74) is 4.40. The number of ketones is 1. The molecule has 1 amide bonds. The third-order valence-corrected chi connectivity index (χ3v) is 8.55. The molecule has 0 aliphatic heterocycles. The molecule has 4 N–H and O–H groups in total. The predicted molar refractivity (Wildman–Crippen MR) is 174 cm³/mol. The van der Waals surface area contributed by atoms with Crippen molar-refractivity contribution in [2.45, 2.75) is 11.8 Å². The minimum atomic E-state index is -4.93. The van der Waals surface area contributed by atoms with E-state index in [-0.39, 0.29) is 27.5 Å². The zero-order chi connectivity index (χ0) is 33.9. The first-order chi connectivity index (χ1) is 22.2. The van der Waals surface area contributed by atoms with Gasteiger partial charge in [-0.05, 0) is 84.8 Å². The summed E-state index contributed by atoms with van der Waals surface area (Å²) in [6.07, 6.45) is 1.08. The molecule has 0 bridgehead atoms. The monoisotopic (exact) mass is 675 g/mol. The number of amides is 1. The first-order valence-corrected chi connectivity index (χ1v) is 16.4. The Morgan fingerprint density at radius 1 is 0.851 bits per heavy atom. The van der Waals surface area contributed by atoms with Crippen LogP contribution < -0.4 is 15.5 Å². The highest BCUT2D eigenvalue weighted by molar-refractivity contribution is 7.91. The molecule has 0 fully saturated rings. The highest BCUT2D eigenvalue weighted by atomic mass is 32.2. The number of methoxy groups -OCH3 is 1. The summed E-state index contributed by atoms with van der Waals surface area (Å²) in [4.78, 5) is 25.0. The fourth-order valence-electron chi connectivity index (χ4n) is 4.46. The van der Waals surface area contributed by atoms with Gasteiger partial charge in [0.15, 0.2) is 5.71 Å². The lowest BCUT2D eigenvalue weighted by Gasteiger charge is -2.18. The number of ether oxygens (including phenoxy) is 1. The lowest BCUT2D eigenvalue weighted by Crippen LogP contribution is -2.27. The number of azo groups is 1. The van der Waals surface area contributed by atoms with Crippen LogP contribution in [0.3, 0.4) is 0 Å². The molecule has 240 valence electrons. The number of carbonyl (C=O) groups excluding carboxylic acids is 2. The summed E-state index contributed by atoms with van der Waals surface area (Å²) in [7, 11) is -7.93. The van der Waals surface area contributed by atoms with E-state index in [0.717, 1.165) is 6.08 Å². The van der Waals surface area contributed by atoms with Crippen molar-refractivity contribution >= 4 is 66.5 Å². The smallest absolute Gasteiger partial charge is 0.296 e. The Labute approximate surface area is 269 Å². The van der Waals surface area contributed by atoms with Gasteiger partial charge in [0.2, 0.25) is 5.78 Å². The molecular formula is C31H25N5O9S2. The molecule has 0 saturated heterocycles. The van der Waals surface area contributed by atoms with Gasteiger partial charge in [0.05, 0.1) is 29.1 Å². The number of hydrogen-bond donors (Lipinski definition) is 4. The quantitative estimate of drug-likeness (QED) is 0.0949. The number of rotatable bonds is 9. The molecule has 0 atom stereocenters. The van der Waals surface area contributed by atoms with Gasteiger partial charge in [0, 0.05) is 22.9 Å². The number of nitrogens with zero attached hydrogens (tertiary/aromatic N) is 3. The van der Waals surface area contributed by atoms with Crippen molar-refractivity contribution in [3.05, 3.63) is 112 Å². The highest BCUT2D eigenvalue weighted by Crippen LogP contribution is 2.35.